The molecule has 2 aromatic heterocycles. The SMILES string of the molecule is COc1cncc(-c2cnc(C)cn2)n1. The largest absolute Gasteiger partial charge is 0.480 e. The normalized spacial score (nSPS) is 10.0. The van der Waals surface area contributed by atoms with Gasteiger partial charge < -0.3 is 4.74 Å². The van der Waals surface area contributed by atoms with Crippen molar-refractivity contribution in [1.29, 1.82) is 0 Å². The van der Waals surface area contributed by atoms with Gasteiger partial charge in [0.25, 0.3) is 0 Å². The molecule has 0 saturated heterocycles. The molecule has 76 valence electrons. The molecule has 0 amide bonds. The minimum absolute atomic E-state index is 0.467. The van der Waals surface area contributed by atoms with Gasteiger partial charge in [0.15, 0.2) is 0 Å². The predicted octanol–water partition coefficient (Wildman–Crippen LogP) is 1.25. The standard InChI is InChI=1S/C10H10N4O/c1-7-3-13-8(5-12-7)9-4-11-6-10(14-9)15-2/h3-6H,1-2H3. The summed E-state index contributed by atoms with van der Waals surface area (Å²) in [6.45, 7) is 1.88. The van der Waals surface area contributed by atoms with E-state index in [1.54, 1.807) is 31.9 Å². The first-order valence-corrected chi connectivity index (χ1v) is 4.44. The van der Waals surface area contributed by atoms with E-state index in [-0.39, 0.29) is 0 Å². The first kappa shape index (κ1) is 9.51. The lowest BCUT2D eigenvalue weighted by molar-refractivity contribution is 0.396. The summed E-state index contributed by atoms with van der Waals surface area (Å²) in [4.78, 5) is 16.5. The molecule has 0 N–H and O–H groups in total. The van der Waals surface area contributed by atoms with Gasteiger partial charge in [-0.1, -0.05) is 0 Å². The summed E-state index contributed by atoms with van der Waals surface area (Å²) in [5, 5.41) is 0. The van der Waals surface area contributed by atoms with Gasteiger partial charge in [0, 0.05) is 6.20 Å². The highest BCUT2D eigenvalue weighted by Crippen LogP contribution is 2.14. The van der Waals surface area contributed by atoms with E-state index in [1.807, 2.05) is 6.92 Å². The van der Waals surface area contributed by atoms with E-state index in [4.69, 9.17) is 4.74 Å². The molecule has 2 aromatic rings. The molecule has 0 saturated carbocycles. The lowest BCUT2D eigenvalue weighted by atomic mass is 10.3. The minimum atomic E-state index is 0.467. The second-order valence-electron chi connectivity index (χ2n) is 2.99. The first-order valence-electron chi connectivity index (χ1n) is 4.44. The zero-order valence-electron chi connectivity index (χ0n) is 8.51. The smallest absolute Gasteiger partial charge is 0.232 e. The van der Waals surface area contributed by atoms with Crippen LogP contribution in [0.25, 0.3) is 11.4 Å². The quantitative estimate of drug-likeness (QED) is 0.733. The molecule has 0 aromatic carbocycles. The Morgan fingerprint density at radius 3 is 2.53 bits per heavy atom. The van der Waals surface area contributed by atoms with Gasteiger partial charge in [0.05, 0.1) is 31.4 Å². The second kappa shape index (κ2) is 4.00. The molecule has 5 nitrogen and oxygen atoms in total. The lowest BCUT2D eigenvalue weighted by Crippen LogP contribution is -1.94. The van der Waals surface area contributed by atoms with E-state index in [0.717, 1.165) is 5.69 Å². The molecular formula is C10H10N4O. The van der Waals surface area contributed by atoms with E-state index in [1.165, 1.54) is 0 Å². The second-order valence-corrected chi connectivity index (χ2v) is 2.99. The Hall–Kier alpha value is -2.04. The fourth-order valence-corrected chi connectivity index (χ4v) is 1.09. The zero-order chi connectivity index (χ0) is 10.7. The summed E-state index contributed by atoms with van der Waals surface area (Å²) in [5.41, 5.74) is 2.21. The fraction of sp³-hybridized carbons (Fsp3) is 0.200. The van der Waals surface area contributed by atoms with Crippen molar-refractivity contribution < 1.29 is 4.74 Å². The molecule has 2 heterocycles. The van der Waals surface area contributed by atoms with Crippen molar-refractivity contribution in [3.8, 4) is 17.3 Å². The van der Waals surface area contributed by atoms with Crippen molar-refractivity contribution in [1.82, 2.24) is 19.9 Å². The van der Waals surface area contributed by atoms with Gasteiger partial charge in [0.2, 0.25) is 5.88 Å². The van der Waals surface area contributed by atoms with Gasteiger partial charge in [-0.15, -0.1) is 0 Å². The van der Waals surface area contributed by atoms with Crippen LogP contribution < -0.4 is 4.74 Å². The van der Waals surface area contributed by atoms with Crippen LogP contribution in [0.5, 0.6) is 5.88 Å². The molecular weight excluding hydrogens is 192 g/mol. The molecule has 15 heavy (non-hydrogen) atoms. The van der Waals surface area contributed by atoms with E-state index in [0.29, 0.717) is 17.3 Å². The molecule has 0 aliphatic rings. The Kier molecular flexibility index (Phi) is 2.53. The number of rotatable bonds is 2. The van der Waals surface area contributed by atoms with Crippen LogP contribution in [0.1, 0.15) is 5.69 Å². The third kappa shape index (κ3) is 2.07. The van der Waals surface area contributed by atoms with Crippen molar-refractivity contribution in [2.75, 3.05) is 7.11 Å². The van der Waals surface area contributed by atoms with Crippen LogP contribution in [0.3, 0.4) is 0 Å². The molecule has 0 aliphatic carbocycles. The van der Waals surface area contributed by atoms with Crippen LogP contribution in [-0.4, -0.2) is 27.0 Å². The summed E-state index contributed by atoms with van der Waals surface area (Å²) in [5.74, 6) is 0.467. The van der Waals surface area contributed by atoms with Crippen LogP contribution >= 0.6 is 0 Å². The number of ether oxygens (including phenoxy) is 1. The topological polar surface area (TPSA) is 60.8 Å². The molecule has 0 atom stereocenters. The summed E-state index contributed by atoms with van der Waals surface area (Å²) >= 11 is 0. The Morgan fingerprint density at radius 1 is 1.00 bits per heavy atom. The Bertz CT molecular complexity index is 455. The molecule has 2 rings (SSSR count). The lowest BCUT2D eigenvalue weighted by Gasteiger charge is -2.01. The Balaban J connectivity index is 2.40. The number of methoxy groups -OCH3 is 1. The first-order chi connectivity index (χ1) is 7.29. The van der Waals surface area contributed by atoms with Crippen LogP contribution in [0.15, 0.2) is 24.8 Å². The van der Waals surface area contributed by atoms with Crippen LogP contribution in [0.2, 0.25) is 0 Å². The van der Waals surface area contributed by atoms with E-state index < -0.39 is 0 Å². The van der Waals surface area contributed by atoms with Crippen LogP contribution in [0.4, 0.5) is 0 Å². The summed E-state index contributed by atoms with van der Waals surface area (Å²) in [6, 6.07) is 0. The highest BCUT2D eigenvalue weighted by Gasteiger charge is 2.03. The molecule has 0 radical (unpaired) electrons. The monoisotopic (exact) mass is 202 g/mol. The van der Waals surface area contributed by atoms with Gasteiger partial charge in [-0.3, -0.25) is 15.0 Å². The van der Waals surface area contributed by atoms with Gasteiger partial charge in [0.1, 0.15) is 11.4 Å². The summed E-state index contributed by atoms with van der Waals surface area (Å²) < 4.78 is 4.98. The van der Waals surface area contributed by atoms with Gasteiger partial charge in [-0.05, 0) is 6.92 Å². The van der Waals surface area contributed by atoms with Gasteiger partial charge >= 0.3 is 0 Å². The number of hydrogen-bond acceptors (Lipinski definition) is 5. The number of aryl methyl sites for hydroxylation is 1. The van der Waals surface area contributed by atoms with Crippen molar-refractivity contribution in [3.05, 3.63) is 30.5 Å². The number of aromatic nitrogens is 4. The number of nitrogens with zero attached hydrogens (tertiary/aromatic N) is 4. The third-order valence-corrected chi connectivity index (χ3v) is 1.86. The van der Waals surface area contributed by atoms with Crippen LogP contribution in [0, 0.1) is 6.92 Å². The number of hydrogen-bond donors (Lipinski definition) is 0. The maximum atomic E-state index is 4.98. The molecule has 0 unspecified atom stereocenters. The zero-order valence-corrected chi connectivity index (χ0v) is 8.51. The molecule has 5 heteroatoms. The van der Waals surface area contributed by atoms with E-state index in [2.05, 4.69) is 19.9 Å². The average molecular weight is 202 g/mol. The molecule has 0 bridgehead atoms. The fourth-order valence-electron chi connectivity index (χ4n) is 1.09. The maximum Gasteiger partial charge on any atom is 0.232 e. The predicted molar refractivity (Wildman–Crippen MR) is 54.3 cm³/mol. The van der Waals surface area contributed by atoms with Crippen molar-refractivity contribution >= 4 is 0 Å². The average Bonchev–Trinajstić information content (AvgIpc) is 2.30. The molecule has 0 spiro atoms. The van der Waals surface area contributed by atoms with Crippen molar-refractivity contribution in [3.63, 3.8) is 0 Å². The van der Waals surface area contributed by atoms with Crippen molar-refractivity contribution in [2.45, 2.75) is 6.92 Å². The van der Waals surface area contributed by atoms with E-state index in [9.17, 15) is 0 Å². The van der Waals surface area contributed by atoms with Gasteiger partial charge in [-0.2, -0.15) is 0 Å². The summed E-state index contributed by atoms with van der Waals surface area (Å²) in [6.07, 6.45) is 6.53. The summed E-state index contributed by atoms with van der Waals surface area (Å²) in [7, 11) is 1.55. The molecule has 0 aliphatic heterocycles. The highest BCUT2D eigenvalue weighted by molar-refractivity contribution is 5.51. The van der Waals surface area contributed by atoms with Crippen LogP contribution in [-0.2, 0) is 0 Å². The third-order valence-electron chi connectivity index (χ3n) is 1.86. The Labute approximate surface area is 87.2 Å². The molecule has 0 fully saturated rings. The van der Waals surface area contributed by atoms with Crippen molar-refractivity contribution in [2.24, 2.45) is 0 Å². The van der Waals surface area contributed by atoms with E-state index >= 15 is 0 Å². The minimum Gasteiger partial charge on any atom is -0.480 e. The van der Waals surface area contributed by atoms with Gasteiger partial charge in [-0.25, -0.2) is 4.98 Å². The maximum absolute atomic E-state index is 4.98. The highest BCUT2D eigenvalue weighted by atomic mass is 16.5. The Morgan fingerprint density at radius 2 is 1.87 bits per heavy atom.